The molecule has 3 rings (SSSR count). The molecule has 0 radical (unpaired) electrons. The van der Waals surface area contributed by atoms with Crippen LogP contribution >= 0.6 is 11.6 Å². The van der Waals surface area contributed by atoms with Gasteiger partial charge in [-0.25, -0.2) is 0 Å². The summed E-state index contributed by atoms with van der Waals surface area (Å²) in [6, 6.07) is 10.4. The summed E-state index contributed by atoms with van der Waals surface area (Å²) in [7, 11) is 0. The summed E-state index contributed by atoms with van der Waals surface area (Å²) >= 11 is 6.26. The van der Waals surface area contributed by atoms with Gasteiger partial charge in [0.15, 0.2) is 11.5 Å². The Morgan fingerprint density at radius 1 is 1.08 bits per heavy atom. The van der Waals surface area contributed by atoms with Crippen LogP contribution in [-0.4, -0.2) is 25.0 Å². The van der Waals surface area contributed by atoms with E-state index in [-0.39, 0.29) is 18.2 Å². The summed E-state index contributed by atoms with van der Waals surface area (Å²) in [6.07, 6.45) is 0.923. The smallest absolute Gasteiger partial charge is 0.228 e. The number of benzene rings is 2. The third kappa shape index (κ3) is 4.67. The molecular weight excluding hydrogens is 356 g/mol. The Morgan fingerprint density at radius 2 is 1.81 bits per heavy atom. The van der Waals surface area contributed by atoms with Crippen LogP contribution in [0, 0.1) is 0 Å². The second kappa shape index (κ2) is 8.10. The zero-order valence-corrected chi connectivity index (χ0v) is 15.1. The molecule has 1 heterocycles. The molecule has 2 N–H and O–H groups in total. The summed E-state index contributed by atoms with van der Waals surface area (Å²) in [6.45, 7) is 2.53. The Balaban J connectivity index is 1.69. The summed E-state index contributed by atoms with van der Waals surface area (Å²) in [4.78, 5) is 23.5. The van der Waals surface area contributed by atoms with E-state index in [4.69, 9.17) is 21.1 Å². The normalized spacial score (nSPS) is 12.8. The maximum atomic E-state index is 12.3. The van der Waals surface area contributed by atoms with E-state index in [0.717, 1.165) is 12.0 Å². The standard InChI is InChI=1S/C19H19ClN2O4/c1-12(23)21-14-4-2-5-15(11-14)22-18(24)10-13-8-16(20)19-17(9-13)25-6-3-7-26-19/h2,4-5,8-9,11H,3,6-7,10H2,1H3,(H,21,23)(H,22,24). The average molecular weight is 375 g/mol. The van der Waals surface area contributed by atoms with Crippen molar-refractivity contribution in [2.45, 2.75) is 19.8 Å². The number of nitrogens with one attached hydrogen (secondary N) is 2. The van der Waals surface area contributed by atoms with Crippen LogP contribution in [0.3, 0.4) is 0 Å². The molecule has 7 heteroatoms. The second-order valence-electron chi connectivity index (χ2n) is 5.94. The number of carbonyl (C=O) groups excluding carboxylic acids is 2. The molecule has 6 nitrogen and oxygen atoms in total. The molecule has 2 aromatic rings. The summed E-state index contributed by atoms with van der Waals surface area (Å²) in [5.41, 5.74) is 1.95. The van der Waals surface area contributed by atoms with Gasteiger partial charge in [-0.3, -0.25) is 9.59 Å². The van der Waals surface area contributed by atoms with Gasteiger partial charge in [0.05, 0.1) is 24.7 Å². The minimum Gasteiger partial charge on any atom is -0.489 e. The first-order valence-corrected chi connectivity index (χ1v) is 8.64. The van der Waals surface area contributed by atoms with Crippen molar-refractivity contribution in [3.05, 3.63) is 47.0 Å². The molecule has 136 valence electrons. The van der Waals surface area contributed by atoms with E-state index in [2.05, 4.69) is 10.6 Å². The van der Waals surface area contributed by atoms with Gasteiger partial charge in [-0.1, -0.05) is 17.7 Å². The summed E-state index contributed by atoms with van der Waals surface area (Å²) in [5.74, 6) is 0.715. The van der Waals surface area contributed by atoms with Crippen LogP contribution in [0.1, 0.15) is 18.9 Å². The molecule has 0 fully saturated rings. The van der Waals surface area contributed by atoms with Crippen LogP contribution in [0.4, 0.5) is 11.4 Å². The highest BCUT2D eigenvalue weighted by Gasteiger charge is 2.17. The number of amides is 2. The summed E-state index contributed by atoms with van der Waals surface area (Å²) < 4.78 is 11.2. The molecule has 2 aromatic carbocycles. The second-order valence-corrected chi connectivity index (χ2v) is 6.35. The predicted molar refractivity (Wildman–Crippen MR) is 100 cm³/mol. The first-order chi connectivity index (χ1) is 12.5. The van der Waals surface area contributed by atoms with Crippen LogP contribution in [0.5, 0.6) is 11.5 Å². The molecular formula is C19H19ClN2O4. The first-order valence-electron chi connectivity index (χ1n) is 8.27. The van der Waals surface area contributed by atoms with Crippen molar-refractivity contribution in [1.82, 2.24) is 0 Å². The maximum Gasteiger partial charge on any atom is 0.228 e. The number of rotatable bonds is 4. The molecule has 0 spiro atoms. The highest BCUT2D eigenvalue weighted by Crippen LogP contribution is 2.38. The first kappa shape index (κ1) is 18.1. The topological polar surface area (TPSA) is 76.7 Å². The molecule has 0 bridgehead atoms. The largest absolute Gasteiger partial charge is 0.489 e. The Bertz CT molecular complexity index is 838. The van der Waals surface area contributed by atoms with Crippen molar-refractivity contribution >= 4 is 34.8 Å². The number of halogens is 1. The lowest BCUT2D eigenvalue weighted by Crippen LogP contribution is -2.15. The monoisotopic (exact) mass is 374 g/mol. The lowest BCUT2D eigenvalue weighted by atomic mass is 10.1. The minimum absolute atomic E-state index is 0.140. The molecule has 1 aliphatic rings. The van der Waals surface area contributed by atoms with E-state index in [1.807, 2.05) is 0 Å². The maximum absolute atomic E-state index is 12.3. The molecule has 0 saturated heterocycles. The quantitative estimate of drug-likeness (QED) is 0.856. The van der Waals surface area contributed by atoms with Crippen LogP contribution in [0.25, 0.3) is 0 Å². The Labute approximate surface area is 156 Å². The number of hydrogen-bond acceptors (Lipinski definition) is 4. The van der Waals surface area contributed by atoms with E-state index in [0.29, 0.717) is 41.1 Å². The van der Waals surface area contributed by atoms with Crippen molar-refractivity contribution in [2.75, 3.05) is 23.8 Å². The van der Waals surface area contributed by atoms with Gasteiger partial charge in [-0.2, -0.15) is 0 Å². The predicted octanol–water partition coefficient (Wildman–Crippen LogP) is 3.64. The molecule has 0 saturated carbocycles. The molecule has 0 aromatic heterocycles. The number of ether oxygens (including phenoxy) is 2. The summed E-state index contributed by atoms with van der Waals surface area (Å²) in [5, 5.41) is 5.92. The van der Waals surface area contributed by atoms with Gasteiger partial charge in [0.25, 0.3) is 0 Å². The van der Waals surface area contributed by atoms with Gasteiger partial charge in [-0.15, -0.1) is 0 Å². The van der Waals surface area contributed by atoms with Crippen molar-refractivity contribution < 1.29 is 19.1 Å². The molecule has 1 aliphatic heterocycles. The third-order valence-corrected chi connectivity index (χ3v) is 3.97. The minimum atomic E-state index is -0.199. The van der Waals surface area contributed by atoms with Crippen LogP contribution in [-0.2, 0) is 16.0 Å². The zero-order valence-electron chi connectivity index (χ0n) is 14.3. The lowest BCUT2D eigenvalue weighted by molar-refractivity contribution is -0.115. The van der Waals surface area contributed by atoms with Gasteiger partial charge in [0.2, 0.25) is 11.8 Å². The van der Waals surface area contributed by atoms with E-state index in [1.165, 1.54) is 6.92 Å². The zero-order chi connectivity index (χ0) is 18.5. The van der Waals surface area contributed by atoms with Crippen LogP contribution in [0.15, 0.2) is 36.4 Å². The molecule has 26 heavy (non-hydrogen) atoms. The van der Waals surface area contributed by atoms with E-state index >= 15 is 0 Å². The highest BCUT2D eigenvalue weighted by molar-refractivity contribution is 6.32. The van der Waals surface area contributed by atoms with Gasteiger partial charge >= 0.3 is 0 Å². The Hall–Kier alpha value is -2.73. The average Bonchev–Trinajstić information content (AvgIpc) is 2.80. The van der Waals surface area contributed by atoms with Crippen LogP contribution in [0.2, 0.25) is 5.02 Å². The van der Waals surface area contributed by atoms with Crippen molar-refractivity contribution in [1.29, 1.82) is 0 Å². The van der Waals surface area contributed by atoms with Gasteiger partial charge < -0.3 is 20.1 Å². The SMILES string of the molecule is CC(=O)Nc1cccc(NC(=O)Cc2cc(Cl)c3c(c2)OCCCO3)c1. The molecule has 0 aliphatic carbocycles. The fraction of sp³-hybridized carbons (Fsp3) is 0.263. The fourth-order valence-electron chi connectivity index (χ4n) is 2.65. The third-order valence-electron chi connectivity index (χ3n) is 3.69. The molecule has 0 atom stereocenters. The van der Waals surface area contributed by atoms with E-state index < -0.39 is 0 Å². The van der Waals surface area contributed by atoms with Crippen molar-refractivity contribution in [3.63, 3.8) is 0 Å². The van der Waals surface area contributed by atoms with Gasteiger partial charge in [-0.05, 0) is 35.9 Å². The number of fused-ring (bicyclic) bond motifs is 1. The number of anilines is 2. The molecule has 0 unspecified atom stereocenters. The lowest BCUT2D eigenvalue weighted by Gasteiger charge is -2.12. The van der Waals surface area contributed by atoms with Crippen molar-refractivity contribution in [3.8, 4) is 11.5 Å². The van der Waals surface area contributed by atoms with E-state index in [9.17, 15) is 9.59 Å². The van der Waals surface area contributed by atoms with Crippen molar-refractivity contribution in [2.24, 2.45) is 0 Å². The fourth-order valence-corrected chi connectivity index (χ4v) is 2.94. The Morgan fingerprint density at radius 3 is 2.58 bits per heavy atom. The Kier molecular flexibility index (Phi) is 5.63. The van der Waals surface area contributed by atoms with Gasteiger partial charge in [0.1, 0.15) is 0 Å². The van der Waals surface area contributed by atoms with Gasteiger partial charge in [0, 0.05) is 24.7 Å². The van der Waals surface area contributed by atoms with Crippen LogP contribution < -0.4 is 20.1 Å². The number of carbonyl (C=O) groups is 2. The highest BCUT2D eigenvalue weighted by atomic mass is 35.5. The molecule has 2 amide bonds. The van der Waals surface area contributed by atoms with E-state index in [1.54, 1.807) is 36.4 Å². The number of hydrogen-bond donors (Lipinski definition) is 2.